The molecule has 20 heavy (non-hydrogen) atoms. The van der Waals surface area contributed by atoms with E-state index >= 15 is 0 Å². The molecule has 0 bridgehead atoms. The Morgan fingerprint density at radius 1 is 1.35 bits per heavy atom. The minimum atomic E-state index is 0.00290. The lowest BCUT2D eigenvalue weighted by Gasteiger charge is -2.24. The van der Waals surface area contributed by atoms with Gasteiger partial charge in [0.15, 0.2) is 0 Å². The van der Waals surface area contributed by atoms with Crippen LogP contribution in [0.5, 0.6) is 0 Å². The fourth-order valence-corrected chi connectivity index (χ4v) is 2.99. The zero-order chi connectivity index (χ0) is 14.5. The average Bonchev–Trinajstić information content (AvgIpc) is 2.81. The molecule has 3 nitrogen and oxygen atoms in total. The predicted octanol–water partition coefficient (Wildman–Crippen LogP) is 3.57. The van der Waals surface area contributed by atoms with Crippen molar-refractivity contribution in [3.8, 4) is 0 Å². The highest BCUT2D eigenvalue weighted by Gasteiger charge is 2.35. The smallest absolute Gasteiger partial charge is 0.244 e. The fraction of sp³-hybridized carbons (Fsp3) is 0.562. The fourth-order valence-electron chi connectivity index (χ4n) is 2.75. The number of carbonyl (C=O) groups is 1. The lowest BCUT2D eigenvalue weighted by molar-refractivity contribution is -0.121. The maximum Gasteiger partial charge on any atom is 0.244 e. The molecule has 0 N–H and O–H groups in total. The third-order valence-corrected chi connectivity index (χ3v) is 4.29. The predicted molar refractivity (Wildman–Crippen MR) is 84.4 cm³/mol. The van der Waals surface area contributed by atoms with E-state index in [-0.39, 0.29) is 11.9 Å². The minimum absolute atomic E-state index is 0.00290. The summed E-state index contributed by atoms with van der Waals surface area (Å²) >= 11 is 6.19. The molecule has 1 aliphatic rings. The number of anilines is 1. The summed E-state index contributed by atoms with van der Waals surface area (Å²) in [6.07, 6.45) is 4.47. The minimum Gasteiger partial charge on any atom is -0.310 e. The van der Waals surface area contributed by atoms with E-state index in [1.165, 1.54) is 12.8 Å². The molecule has 1 aromatic rings. The van der Waals surface area contributed by atoms with Gasteiger partial charge in [0, 0.05) is 6.54 Å². The highest BCUT2D eigenvalue weighted by Crippen LogP contribution is 2.30. The van der Waals surface area contributed by atoms with E-state index in [2.05, 4.69) is 11.8 Å². The van der Waals surface area contributed by atoms with Crippen molar-refractivity contribution in [2.75, 3.05) is 25.0 Å². The summed E-state index contributed by atoms with van der Waals surface area (Å²) < 4.78 is 0. The molecular weight excluding hydrogens is 272 g/mol. The summed E-state index contributed by atoms with van der Waals surface area (Å²) in [7, 11) is 2.05. The normalized spacial score (nSPS) is 19.1. The maximum absolute atomic E-state index is 12.6. The monoisotopic (exact) mass is 294 g/mol. The van der Waals surface area contributed by atoms with E-state index in [4.69, 9.17) is 11.6 Å². The number of unbranched alkanes of at least 4 members (excludes halogenated alkanes) is 2. The number of para-hydroxylation sites is 1. The van der Waals surface area contributed by atoms with E-state index in [0.29, 0.717) is 5.02 Å². The largest absolute Gasteiger partial charge is 0.310 e. The molecule has 1 atom stereocenters. The number of carbonyl (C=O) groups excluding carboxylic acids is 1. The van der Waals surface area contributed by atoms with E-state index in [9.17, 15) is 4.79 Å². The second-order valence-corrected chi connectivity index (χ2v) is 5.84. The van der Waals surface area contributed by atoms with Crippen molar-refractivity contribution < 1.29 is 4.79 Å². The number of hydrogen-bond acceptors (Lipinski definition) is 2. The van der Waals surface area contributed by atoms with Crippen LogP contribution in [0.1, 0.15) is 32.6 Å². The third kappa shape index (κ3) is 3.33. The Morgan fingerprint density at radius 2 is 2.10 bits per heavy atom. The molecule has 1 aliphatic heterocycles. The molecule has 2 rings (SSSR count). The van der Waals surface area contributed by atoms with Crippen LogP contribution in [0.3, 0.4) is 0 Å². The van der Waals surface area contributed by atoms with Crippen LogP contribution in [0, 0.1) is 0 Å². The molecule has 4 heteroatoms. The van der Waals surface area contributed by atoms with Crippen LogP contribution < -0.4 is 4.90 Å². The molecule has 0 aliphatic carbocycles. The number of benzene rings is 1. The van der Waals surface area contributed by atoms with Gasteiger partial charge in [-0.3, -0.25) is 9.69 Å². The molecule has 110 valence electrons. The van der Waals surface area contributed by atoms with Gasteiger partial charge in [-0.05, 0) is 38.6 Å². The average molecular weight is 295 g/mol. The lowest BCUT2D eigenvalue weighted by atomic mass is 10.2. The standard InChI is InChI=1S/C16H23ClN2O/c1-3-4-7-11-18(2)15-10-12-19(16(15)20)14-9-6-5-8-13(14)17/h5-6,8-9,15H,3-4,7,10-12H2,1-2H3. The van der Waals surface area contributed by atoms with Gasteiger partial charge in [-0.1, -0.05) is 43.5 Å². The van der Waals surface area contributed by atoms with Crippen LogP contribution in [-0.2, 0) is 4.79 Å². The molecule has 1 saturated heterocycles. The highest BCUT2D eigenvalue weighted by atomic mass is 35.5. The Morgan fingerprint density at radius 3 is 2.80 bits per heavy atom. The van der Waals surface area contributed by atoms with Gasteiger partial charge in [0.2, 0.25) is 5.91 Å². The molecular formula is C16H23ClN2O. The van der Waals surface area contributed by atoms with Gasteiger partial charge >= 0.3 is 0 Å². The molecule has 0 radical (unpaired) electrons. The molecule has 1 heterocycles. The Balaban J connectivity index is 2.00. The Kier molecular flexibility index (Phi) is 5.44. The molecule has 1 aromatic carbocycles. The van der Waals surface area contributed by atoms with Gasteiger partial charge in [-0.2, -0.15) is 0 Å². The first kappa shape index (κ1) is 15.3. The van der Waals surface area contributed by atoms with E-state index in [1.54, 1.807) is 0 Å². The third-order valence-electron chi connectivity index (χ3n) is 3.97. The first-order chi connectivity index (χ1) is 9.65. The number of likely N-dealkylation sites (N-methyl/N-ethyl adjacent to an activating group) is 1. The lowest BCUT2D eigenvalue weighted by Crippen LogP contribution is -2.40. The van der Waals surface area contributed by atoms with Crippen LogP contribution >= 0.6 is 11.6 Å². The van der Waals surface area contributed by atoms with Gasteiger partial charge in [-0.25, -0.2) is 0 Å². The van der Waals surface area contributed by atoms with Crippen LogP contribution in [0.15, 0.2) is 24.3 Å². The summed E-state index contributed by atoms with van der Waals surface area (Å²) in [6, 6.07) is 7.57. The molecule has 1 amide bonds. The van der Waals surface area contributed by atoms with Gasteiger partial charge in [0.1, 0.15) is 0 Å². The van der Waals surface area contributed by atoms with E-state index < -0.39 is 0 Å². The van der Waals surface area contributed by atoms with Crippen molar-refractivity contribution in [2.45, 2.75) is 38.6 Å². The zero-order valence-electron chi connectivity index (χ0n) is 12.3. The van der Waals surface area contributed by atoms with Crippen molar-refractivity contribution >= 4 is 23.2 Å². The summed E-state index contributed by atoms with van der Waals surface area (Å²) in [5.41, 5.74) is 0.837. The van der Waals surface area contributed by atoms with Gasteiger partial charge in [-0.15, -0.1) is 0 Å². The first-order valence-corrected chi connectivity index (χ1v) is 7.79. The van der Waals surface area contributed by atoms with Gasteiger partial charge < -0.3 is 4.90 Å². The SMILES string of the molecule is CCCCCN(C)C1CCN(c2ccccc2Cl)C1=O. The van der Waals surface area contributed by atoms with Gasteiger partial charge in [0.05, 0.1) is 16.8 Å². The second-order valence-electron chi connectivity index (χ2n) is 5.43. The number of hydrogen-bond donors (Lipinski definition) is 0. The van der Waals surface area contributed by atoms with Crippen LogP contribution in [0.2, 0.25) is 5.02 Å². The Labute approximate surface area is 126 Å². The number of amides is 1. The summed E-state index contributed by atoms with van der Waals surface area (Å²) in [4.78, 5) is 16.6. The Bertz CT molecular complexity index is 464. The van der Waals surface area contributed by atoms with Crippen molar-refractivity contribution in [1.29, 1.82) is 0 Å². The molecule has 1 fully saturated rings. The van der Waals surface area contributed by atoms with Crippen LogP contribution in [-0.4, -0.2) is 37.0 Å². The first-order valence-electron chi connectivity index (χ1n) is 7.41. The van der Waals surface area contributed by atoms with Crippen LogP contribution in [0.4, 0.5) is 5.69 Å². The topological polar surface area (TPSA) is 23.6 Å². The second kappa shape index (κ2) is 7.09. The molecule has 0 saturated carbocycles. The van der Waals surface area contributed by atoms with E-state index in [0.717, 1.165) is 31.6 Å². The van der Waals surface area contributed by atoms with Gasteiger partial charge in [0.25, 0.3) is 0 Å². The van der Waals surface area contributed by atoms with Crippen molar-refractivity contribution in [1.82, 2.24) is 4.90 Å². The van der Waals surface area contributed by atoms with E-state index in [1.807, 2.05) is 36.2 Å². The quantitative estimate of drug-likeness (QED) is 0.749. The zero-order valence-corrected chi connectivity index (χ0v) is 13.1. The number of rotatable bonds is 6. The summed E-state index contributed by atoms with van der Waals surface area (Å²) in [5.74, 6) is 0.178. The van der Waals surface area contributed by atoms with Crippen molar-refractivity contribution in [2.24, 2.45) is 0 Å². The molecule has 0 aromatic heterocycles. The number of halogens is 1. The Hall–Kier alpha value is -1.06. The summed E-state index contributed by atoms with van der Waals surface area (Å²) in [5, 5.41) is 0.648. The number of nitrogens with zero attached hydrogens (tertiary/aromatic N) is 2. The maximum atomic E-state index is 12.6. The summed E-state index contributed by atoms with van der Waals surface area (Å²) in [6.45, 7) is 3.94. The van der Waals surface area contributed by atoms with Crippen LogP contribution in [0.25, 0.3) is 0 Å². The van der Waals surface area contributed by atoms with Crippen molar-refractivity contribution in [3.05, 3.63) is 29.3 Å². The van der Waals surface area contributed by atoms with Crippen molar-refractivity contribution in [3.63, 3.8) is 0 Å². The molecule has 0 spiro atoms. The molecule has 1 unspecified atom stereocenters. The highest BCUT2D eigenvalue weighted by molar-refractivity contribution is 6.33.